The fourth-order valence-corrected chi connectivity index (χ4v) is 4.48. The lowest BCUT2D eigenvalue weighted by atomic mass is 9.90. The summed E-state index contributed by atoms with van der Waals surface area (Å²) in [5.74, 6) is 0.312. The average molecular weight is 506 g/mol. The van der Waals surface area contributed by atoms with E-state index in [2.05, 4.69) is 0 Å². The molecule has 4 rings (SSSR count). The number of benzene rings is 3. The smallest absolute Gasteiger partial charge is 0.306 e. The van der Waals surface area contributed by atoms with Crippen LogP contribution >= 0.6 is 0 Å². The van der Waals surface area contributed by atoms with E-state index >= 15 is 0 Å². The van der Waals surface area contributed by atoms with Crippen LogP contribution in [-0.4, -0.2) is 32.6 Å². The Morgan fingerprint density at radius 1 is 0.861 bits per heavy atom. The van der Waals surface area contributed by atoms with Gasteiger partial charge in [-0.3, -0.25) is 4.79 Å². The predicted molar refractivity (Wildman–Crippen MR) is 136 cm³/mol. The third-order valence-corrected chi connectivity index (χ3v) is 6.08. The molecule has 0 aliphatic heterocycles. The Kier molecular flexibility index (Phi) is 7.75. The van der Waals surface area contributed by atoms with Crippen molar-refractivity contribution in [2.45, 2.75) is 19.0 Å². The summed E-state index contributed by atoms with van der Waals surface area (Å²) in [4.78, 5) is 15.8. The number of furan rings is 1. The molecular formula is C28H27NO6S. The van der Waals surface area contributed by atoms with E-state index in [0.29, 0.717) is 11.3 Å². The van der Waals surface area contributed by atoms with E-state index in [-0.39, 0.29) is 30.5 Å². The molecular weight excluding hydrogens is 478 g/mol. The van der Waals surface area contributed by atoms with Gasteiger partial charge in [0.1, 0.15) is 5.76 Å². The van der Waals surface area contributed by atoms with E-state index in [4.69, 9.17) is 13.3 Å². The normalized spacial score (nSPS) is 11.3. The molecule has 0 bridgehead atoms. The molecule has 1 heterocycles. The molecule has 186 valence electrons. The predicted octanol–water partition coefficient (Wildman–Crippen LogP) is 4.99. The number of rotatable bonds is 10. The molecule has 0 unspecified atom stereocenters. The molecule has 0 saturated heterocycles. The minimum absolute atomic E-state index is 0.0607. The van der Waals surface area contributed by atoms with Crippen LogP contribution in [0.2, 0.25) is 0 Å². The molecule has 0 aliphatic rings. The van der Waals surface area contributed by atoms with E-state index in [9.17, 15) is 13.2 Å². The maximum atomic E-state index is 14.1. The van der Waals surface area contributed by atoms with Crippen molar-refractivity contribution in [1.29, 1.82) is 0 Å². The van der Waals surface area contributed by atoms with Crippen LogP contribution in [0.3, 0.4) is 0 Å². The monoisotopic (exact) mass is 505 g/mol. The summed E-state index contributed by atoms with van der Waals surface area (Å²) in [6, 6.07) is 27.8. The first-order valence-corrected chi connectivity index (χ1v) is 13.1. The molecule has 0 atom stereocenters. The number of ether oxygens (including phenoxy) is 1. The minimum Gasteiger partial charge on any atom is -0.493 e. The van der Waals surface area contributed by atoms with Gasteiger partial charge in [0.05, 0.1) is 32.1 Å². The molecule has 7 nitrogen and oxygen atoms in total. The maximum Gasteiger partial charge on any atom is 0.306 e. The molecule has 4 aromatic rings. The van der Waals surface area contributed by atoms with Crippen molar-refractivity contribution < 1.29 is 26.5 Å². The summed E-state index contributed by atoms with van der Waals surface area (Å²) in [5, 5.41) is 0. The van der Waals surface area contributed by atoms with E-state index in [0.717, 1.165) is 17.4 Å². The van der Waals surface area contributed by atoms with E-state index < -0.39 is 16.0 Å². The van der Waals surface area contributed by atoms with Crippen molar-refractivity contribution in [3.8, 4) is 11.5 Å². The van der Waals surface area contributed by atoms with Gasteiger partial charge in [-0.15, -0.1) is 0 Å². The second-order valence-corrected chi connectivity index (χ2v) is 9.88. The second kappa shape index (κ2) is 11.1. The first-order chi connectivity index (χ1) is 17.3. The van der Waals surface area contributed by atoms with Crippen LogP contribution in [0.1, 0.15) is 28.4 Å². The molecule has 0 N–H and O–H groups in total. The lowest BCUT2D eigenvalue weighted by Gasteiger charge is -2.28. The lowest BCUT2D eigenvalue weighted by molar-refractivity contribution is -0.133. The molecule has 1 aromatic heterocycles. The zero-order valence-electron chi connectivity index (χ0n) is 20.0. The van der Waals surface area contributed by atoms with Crippen LogP contribution < -0.4 is 8.92 Å². The minimum atomic E-state index is -3.77. The molecule has 0 radical (unpaired) electrons. The van der Waals surface area contributed by atoms with Crippen molar-refractivity contribution in [2.75, 3.05) is 13.4 Å². The largest absolute Gasteiger partial charge is 0.493 e. The van der Waals surface area contributed by atoms with Crippen LogP contribution in [-0.2, 0) is 28.0 Å². The Hall–Kier alpha value is -4.04. The van der Waals surface area contributed by atoms with Gasteiger partial charge in [0, 0.05) is 6.54 Å². The summed E-state index contributed by atoms with van der Waals surface area (Å²) < 4.78 is 39.5. The number of amides is 1. The van der Waals surface area contributed by atoms with Gasteiger partial charge in [0.25, 0.3) is 0 Å². The first kappa shape index (κ1) is 25.1. The number of methoxy groups -OCH3 is 1. The standard InChI is InChI=1S/C28H27NO6S/c1-33-25-16-15-21(18-26(25)35-36(2,31)32)19-29(20-24-14-9-17-34-24)28(30)27(22-10-5-3-6-11-22)23-12-7-4-8-13-23/h3-18,27H,19-20H2,1-2H3. The number of hydrogen-bond acceptors (Lipinski definition) is 6. The lowest BCUT2D eigenvalue weighted by Crippen LogP contribution is -2.34. The maximum absolute atomic E-state index is 14.1. The van der Waals surface area contributed by atoms with Crippen molar-refractivity contribution in [3.63, 3.8) is 0 Å². The summed E-state index contributed by atoms with van der Waals surface area (Å²) in [6.45, 7) is 0.427. The van der Waals surface area contributed by atoms with Crippen LogP contribution in [0.25, 0.3) is 0 Å². The van der Waals surface area contributed by atoms with Crippen LogP contribution in [0.15, 0.2) is 102 Å². The second-order valence-electron chi connectivity index (χ2n) is 8.30. The molecule has 36 heavy (non-hydrogen) atoms. The Morgan fingerprint density at radius 2 is 1.50 bits per heavy atom. The molecule has 0 aliphatic carbocycles. The van der Waals surface area contributed by atoms with Crippen LogP contribution in [0.4, 0.5) is 0 Å². The van der Waals surface area contributed by atoms with Gasteiger partial charge in [0.15, 0.2) is 11.5 Å². The van der Waals surface area contributed by atoms with Gasteiger partial charge >= 0.3 is 10.1 Å². The Bertz CT molecular complexity index is 1350. The molecule has 3 aromatic carbocycles. The quantitative estimate of drug-likeness (QED) is 0.282. The Labute approximate surface area is 211 Å². The summed E-state index contributed by atoms with van der Waals surface area (Å²) in [6.07, 6.45) is 2.53. The zero-order valence-corrected chi connectivity index (χ0v) is 20.9. The number of carbonyl (C=O) groups is 1. The molecule has 1 amide bonds. The van der Waals surface area contributed by atoms with Gasteiger partial charge in [0.2, 0.25) is 5.91 Å². The number of hydrogen-bond donors (Lipinski definition) is 0. The van der Waals surface area contributed by atoms with Crippen LogP contribution in [0.5, 0.6) is 11.5 Å². The SMILES string of the molecule is COc1ccc(CN(Cc2ccco2)C(=O)C(c2ccccc2)c2ccccc2)cc1OS(C)(=O)=O. The fraction of sp³-hybridized carbons (Fsp3) is 0.179. The van der Waals surface area contributed by atoms with Crippen molar-refractivity contribution in [3.05, 3.63) is 120 Å². The molecule has 0 saturated carbocycles. The van der Waals surface area contributed by atoms with Crippen molar-refractivity contribution >= 4 is 16.0 Å². The third kappa shape index (κ3) is 6.34. The highest BCUT2D eigenvalue weighted by atomic mass is 32.2. The van der Waals surface area contributed by atoms with Gasteiger partial charge < -0.3 is 18.2 Å². The van der Waals surface area contributed by atoms with Gasteiger partial charge in [-0.05, 0) is 41.0 Å². The van der Waals surface area contributed by atoms with E-state index in [1.807, 2.05) is 66.7 Å². The number of nitrogens with zero attached hydrogens (tertiary/aromatic N) is 1. The average Bonchev–Trinajstić information content (AvgIpc) is 3.37. The van der Waals surface area contributed by atoms with Gasteiger partial charge in [-0.2, -0.15) is 8.42 Å². The highest BCUT2D eigenvalue weighted by molar-refractivity contribution is 7.86. The zero-order chi connectivity index (χ0) is 25.5. The molecule has 8 heteroatoms. The Morgan fingerprint density at radius 3 is 2.03 bits per heavy atom. The molecule has 0 fully saturated rings. The topological polar surface area (TPSA) is 86.0 Å². The summed E-state index contributed by atoms with van der Waals surface area (Å²) in [7, 11) is -2.34. The van der Waals surface area contributed by atoms with Crippen molar-refractivity contribution in [2.24, 2.45) is 0 Å². The first-order valence-electron chi connectivity index (χ1n) is 11.3. The van der Waals surface area contributed by atoms with Crippen LogP contribution in [0, 0.1) is 0 Å². The fourth-order valence-electron chi connectivity index (χ4n) is 4.02. The summed E-state index contributed by atoms with van der Waals surface area (Å²) >= 11 is 0. The highest BCUT2D eigenvalue weighted by Crippen LogP contribution is 2.32. The van der Waals surface area contributed by atoms with E-state index in [1.165, 1.54) is 7.11 Å². The summed E-state index contributed by atoms with van der Waals surface area (Å²) in [5.41, 5.74) is 2.41. The van der Waals surface area contributed by atoms with E-state index in [1.54, 1.807) is 35.4 Å². The van der Waals surface area contributed by atoms with Gasteiger partial charge in [-0.1, -0.05) is 66.7 Å². The third-order valence-electron chi connectivity index (χ3n) is 5.59. The number of carbonyl (C=O) groups excluding carboxylic acids is 1. The Balaban J connectivity index is 1.73. The van der Waals surface area contributed by atoms with Crippen molar-refractivity contribution in [1.82, 2.24) is 4.90 Å². The van der Waals surface area contributed by atoms with Gasteiger partial charge in [-0.25, -0.2) is 0 Å². The molecule has 0 spiro atoms. The highest BCUT2D eigenvalue weighted by Gasteiger charge is 2.28.